The summed E-state index contributed by atoms with van der Waals surface area (Å²) in [6.07, 6.45) is 0. The van der Waals surface area contributed by atoms with E-state index in [1.165, 1.54) is 5.56 Å². The average Bonchev–Trinajstić information content (AvgIpc) is 3.05. The molecule has 0 amide bonds. The van der Waals surface area contributed by atoms with Gasteiger partial charge in [0.2, 0.25) is 0 Å². The standard InChI is InChI=1S/C17H19BN/c1-17(2,15-11-7-4-8-12-15)19(18)13-16(19)14-9-5-3-6-10-14/h3-12,16H,13H2,1-2H3/t16-,19-/m1/s1/i13D/t13?,16-,19-. The van der Waals surface area contributed by atoms with E-state index < -0.39 is 0 Å². The molecule has 2 aromatic rings. The van der Waals surface area contributed by atoms with Crippen LogP contribution in [0.2, 0.25) is 0 Å². The highest BCUT2D eigenvalue weighted by molar-refractivity contribution is 5.99. The summed E-state index contributed by atoms with van der Waals surface area (Å²) in [7, 11) is 6.63. The van der Waals surface area contributed by atoms with E-state index >= 15 is 0 Å². The fraction of sp³-hybridized carbons (Fsp3) is 0.294. The largest absolute Gasteiger partial charge is 0.565 e. The molecule has 0 bridgehead atoms. The number of hydrogen-bond donors (Lipinski definition) is 0. The van der Waals surface area contributed by atoms with Gasteiger partial charge < -0.3 is 4.39 Å². The third-order valence-corrected chi connectivity index (χ3v) is 4.35. The monoisotopic (exact) mass is 249 g/mol. The summed E-state index contributed by atoms with van der Waals surface area (Å²) < 4.78 is 8.65. The van der Waals surface area contributed by atoms with Gasteiger partial charge >= 0.3 is 0 Å². The summed E-state index contributed by atoms with van der Waals surface area (Å²) in [5.41, 5.74) is 2.05. The van der Waals surface area contributed by atoms with Crippen LogP contribution in [-0.2, 0) is 5.54 Å². The van der Waals surface area contributed by atoms with E-state index in [1.54, 1.807) is 0 Å². The lowest BCUT2D eigenvalue weighted by molar-refractivity contribution is -0.763. The molecule has 1 nitrogen and oxygen atoms in total. The van der Waals surface area contributed by atoms with Gasteiger partial charge in [-0.15, -0.1) is 0 Å². The smallest absolute Gasteiger partial charge is 0.115 e. The second kappa shape index (κ2) is 4.24. The molecule has 0 aromatic heterocycles. The molecule has 0 aliphatic carbocycles. The van der Waals surface area contributed by atoms with Crippen LogP contribution < -0.4 is 0 Å². The number of benzene rings is 2. The number of rotatable bonds is 3. The van der Waals surface area contributed by atoms with Gasteiger partial charge in [0.25, 0.3) is 0 Å². The number of quaternary nitrogens is 1. The van der Waals surface area contributed by atoms with Gasteiger partial charge in [0.1, 0.15) is 6.04 Å². The molecule has 1 aliphatic rings. The summed E-state index contributed by atoms with van der Waals surface area (Å²) in [5.74, 6) is 0. The van der Waals surface area contributed by atoms with Crippen molar-refractivity contribution < 1.29 is 5.76 Å². The van der Waals surface area contributed by atoms with Crippen molar-refractivity contribution in [2.75, 3.05) is 6.52 Å². The SMILES string of the molecule is [2H]C1[C@H](c2ccccc2)[N@@+]1([B-])C(C)(C)c1ccccc1. The van der Waals surface area contributed by atoms with Crippen LogP contribution in [0.5, 0.6) is 0 Å². The second-order valence-corrected chi connectivity index (χ2v) is 5.76. The predicted octanol–water partition coefficient (Wildman–Crippen LogP) is 3.58. The van der Waals surface area contributed by atoms with Crippen LogP contribution in [0.15, 0.2) is 60.7 Å². The summed E-state index contributed by atoms with van der Waals surface area (Å²) in [5, 5.41) is 0. The molecule has 1 aliphatic heterocycles. The topological polar surface area (TPSA) is 0 Å². The Morgan fingerprint density at radius 3 is 2.16 bits per heavy atom. The first-order valence-electron chi connectivity index (χ1n) is 7.27. The van der Waals surface area contributed by atoms with Crippen LogP contribution in [0.1, 0.15) is 32.4 Å². The molecule has 1 unspecified atom stereocenters. The van der Waals surface area contributed by atoms with Crippen molar-refractivity contribution in [1.29, 1.82) is 0 Å². The molecule has 95 valence electrons. The summed E-state index contributed by atoms with van der Waals surface area (Å²) in [6.45, 7) is 3.95. The first-order valence-corrected chi connectivity index (χ1v) is 6.69. The van der Waals surface area contributed by atoms with Crippen LogP contribution in [0, 0.1) is 0 Å². The minimum Gasteiger partial charge on any atom is -0.565 e. The van der Waals surface area contributed by atoms with E-state index in [4.69, 9.17) is 9.35 Å². The highest BCUT2D eigenvalue weighted by Crippen LogP contribution is 2.52. The molecule has 0 N–H and O–H groups in total. The Balaban J connectivity index is 1.98. The molecule has 3 atom stereocenters. The van der Waals surface area contributed by atoms with E-state index in [9.17, 15) is 0 Å². The van der Waals surface area contributed by atoms with Crippen molar-refractivity contribution in [3.63, 3.8) is 0 Å². The van der Waals surface area contributed by atoms with Crippen molar-refractivity contribution in [3.8, 4) is 0 Å². The zero-order valence-corrected chi connectivity index (χ0v) is 11.5. The maximum absolute atomic E-state index is 8.40. The van der Waals surface area contributed by atoms with Crippen LogP contribution in [0.25, 0.3) is 0 Å². The van der Waals surface area contributed by atoms with Gasteiger partial charge in [0, 0.05) is 11.1 Å². The van der Waals surface area contributed by atoms with Gasteiger partial charge in [-0.1, -0.05) is 60.7 Å². The number of nitrogens with zero attached hydrogens (tertiary/aromatic N) is 1. The molecular weight excluding hydrogens is 229 g/mol. The quantitative estimate of drug-likeness (QED) is 0.576. The summed E-state index contributed by atoms with van der Waals surface area (Å²) >= 11 is 0. The highest BCUT2D eigenvalue weighted by atomic mass is 15.5. The fourth-order valence-corrected chi connectivity index (χ4v) is 2.78. The lowest BCUT2D eigenvalue weighted by Gasteiger charge is -2.47. The average molecular weight is 249 g/mol. The van der Waals surface area contributed by atoms with E-state index in [0.29, 0.717) is 0 Å². The van der Waals surface area contributed by atoms with Gasteiger partial charge in [-0.05, 0) is 13.8 Å². The van der Waals surface area contributed by atoms with Crippen molar-refractivity contribution in [2.45, 2.75) is 25.4 Å². The molecule has 0 saturated carbocycles. The first-order chi connectivity index (χ1) is 9.49. The Kier molecular flexibility index (Phi) is 2.52. The maximum Gasteiger partial charge on any atom is 0.115 e. The Hall–Kier alpha value is -1.54. The van der Waals surface area contributed by atoms with Crippen LogP contribution >= 0.6 is 0 Å². The Morgan fingerprint density at radius 1 is 1.05 bits per heavy atom. The van der Waals surface area contributed by atoms with Gasteiger partial charge in [0.15, 0.2) is 0 Å². The molecular formula is C17H19BN. The summed E-state index contributed by atoms with van der Waals surface area (Å²) in [4.78, 5) is 0. The lowest BCUT2D eigenvalue weighted by atomic mass is 9.88. The Labute approximate surface area is 118 Å². The molecule has 1 fully saturated rings. The number of hydrogen-bond acceptors (Lipinski definition) is 0. The van der Waals surface area contributed by atoms with Crippen molar-refractivity contribution in [3.05, 3.63) is 71.8 Å². The molecule has 2 aromatic carbocycles. The molecule has 0 spiro atoms. The molecule has 19 heavy (non-hydrogen) atoms. The van der Waals surface area contributed by atoms with E-state index in [-0.39, 0.29) is 22.5 Å². The van der Waals surface area contributed by atoms with Crippen molar-refractivity contribution in [1.82, 2.24) is 0 Å². The second-order valence-electron chi connectivity index (χ2n) is 5.76. The zero-order valence-electron chi connectivity index (χ0n) is 12.5. The third-order valence-electron chi connectivity index (χ3n) is 4.35. The Morgan fingerprint density at radius 2 is 1.58 bits per heavy atom. The first kappa shape index (κ1) is 11.3. The van der Waals surface area contributed by atoms with E-state index in [0.717, 1.165) is 5.56 Å². The van der Waals surface area contributed by atoms with Crippen molar-refractivity contribution in [2.24, 2.45) is 0 Å². The zero-order chi connectivity index (χ0) is 14.4. The minimum absolute atomic E-state index is 0.0476. The normalized spacial score (nSPS) is 30.8. The van der Waals surface area contributed by atoms with Gasteiger partial charge in [-0.2, -0.15) is 0 Å². The Bertz CT molecular complexity index is 599. The van der Waals surface area contributed by atoms with Crippen molar-refractivity contribution >= 4 is 7.98 Å². The van der Waals surface area contributed by atoms with Crippen LogP contribution in [0.4, 0.5) is 0 Å². The fourth-order valence-electron chi connectivity index (χ4n) is 2.78. The van der Waals surface area contributed by atoms with E-state index in [1.807, 2.05) is 36.4 Å². The van der Waals surface area contributed by atoms with Crippen LogP contribution in [0.3, 0.4) is 0 Å². The van der Waals surface area contributed by atoms with Gasteiger partial charge in [0.05, 0.1) is 13.4 Å². The minimum atomic E-state index is -0.312. The molecule has 1 heterocycles. The highest BCUT2D eigenvalue weighted by Gasteiger charge is 2.51. The molecule has 1 saturated heterocycles. The third kappa shape index (κ3) is 1.91. The molecule has 2 heteroatoms. The van der Waals surface area contributed by atoms with Gasteiger partial charge in [-0.25, -0.2) is 7.98 Å². The van der Waals surface area contributed by atoms with E-state index in [2.05, 4.69) is 38.1 Å². The van der Waals surface area contributed by atoms with Crippen LogP contribution in [-0.4, -0.2) is 18.9 Å². The summed E-state index contributed by atoms with van der Waals surface area (Å²) in [6, 6.07) is 20.5. The van der Waals surface area contributed by atoms with Gasteiger partial charge in [-0.3, -0.25) is 0 Å². The predicted molar refractivity (Wildman–Crippen MR) is 79.5 cm³/mol. The maximum atomic E-state index is 8.40. The molecule has 3 radical (unpaired) electrons. The lowest BCUT2D eigenvalue weighted by Crippen LogP contribution is -2.42. The molecule has 3 rings (SSSR count).